The standard InChI is InChI=1S/C14H27NO3/c1-3-17-14(18-4-2)10-12-15-11-8-6-5-7-9-13(15)16/h14H,3-12H2,1-2H3. The molecule has 0 N–H and O–H groups in total. The number of likely N-dealkylation sites (tertiary alicyclic amines) is 1. The molecule has 1 fully saturated rings. The van der Waals surface area contributed by atoms with Crippen molar-refractivity contribution in [3.05, 3.63) is 0 Å². The second kappa shape index (κ2) is 9.34. The molecule has 1 amide bonds. The van der Waals surface area contributed by atoms with Crippen molar-refractivity contribution in [1.82, 2.24) is 4.90 Å². The Morgan fingerprint density at radius 2 is 1.78 bits per heavy atom. The van der Waals surface area contributed by atoms with Gasteiger partial charge in [0, 0.05) is 39.1 Å². The number of amides is 1. The van der Waals surface area contributed by atoms with E-state index in [9.17, 15) is 4.79 Å². The van der Waals surface area contributed by atoms with E-state index < -0.39 is 0 Å². The lowest BCUT2D eigenvalue weighted by molar-refractivity contribution is -0.146. The minimum atomic E-state index is -0.168. The van der Waals surface area contributed by atoms with E-state index in [1.807, 2.05) is 18.7 Å². The third kappa shape index (κ3) is 5.83. The Hall–Kier alpha value is -0.610. The third-order valence-electron chi connectivity index (χ3n) is 3.26. The van der Waals surface area contributed by atoms with Crippen molar-refractivity contribution in [2.24, 2.45) is 0 Å². The molecule has 4 nitrogen and oxygen atoms in total. The molecule has 0 aromatic rings. The molecule has 4 heteroatoms. The van der Waals surface area contributed by atoms with E-state index in [0.717, 1.165) is 32.4 Å². The Labute approximate surface area is 111 Å². The molecule has 1 rings (SSSR count). The summed E-state index contributed by atoms with van der Waals surface area (Å²) < 4.78 is 11.0. The van der Waals surface area contributed by atoms with Gasteiger partial charge in [0.05, 0.1) is 0 Å². The van der Waals surface area contributed by atoms with Gasteiger partial charge < -0.3 is 14.4 Å². The summed E-state index contributed by atoms with van der Waals surface area (Å²) in [5, 5.41) is 0. The van der Waals surface area contributed by atoms with E-state index in [-0.39, 0.29) is 6.29 Å². The lowest BCUT2D eigenvalue weighted by atomic mass is 10.1. The van der Waals surface area contributed by atoms with Crippen LogP contribution in [0, 0.1) is 0 Å². The highest BCUT2D eigenvalue weighted by Crippen LogP contribution is 2.13. The molecule has 0 radical (unpaired) electrons. The SMILES string of the molecule is CCOC(CCN1CCCCCCC1=O)OCC. The quantitative estimate of drug-likeness (QED) is 0.658. The molecule has 0 aromatic carbocycles. The molecular weight excluding hydrogens is 230 g/mol. The van der Waals surface area contributed by atoms with Gasteiger partial charge in [0.2, 0.25) is 5.91 Å². The first-order valence-corrected chi connectivity index (χ1v) is 7.28. The van der Waals surface area contributed by atoms with Gasteiger partial charge in [0.15, 0.2) is 6.29 Å². The smallest absolute Gasteiger partial charge is 0.222 e. The Morgan fingerprint density at radius 1 is 1.11 bits per heavy atom. The predicted octanol–water partition coefficient (Wildman–Crippen LogP) is 2.57. The summed E-state index contributed by atoms with van der Waals surface area (Å²) in [6, 6.07) is 0. The van der Waals surface area contributed by atoms with Gasteiger partial charge in [-0.25, -0.2) is 0 Å². The van der Waals surface area contributed by atoms with E-state index >= 15 is 0 Å². The van der Waals surface area contributed by atoms with Gasteiger partial charge in [-0.15, -0.1) is 0 Å². The van der Waals surface area contributed by atoms with Gasteiger partial charge in [-0.2, -0.15) is 0 Å². The number of nitrogens with zero attached hydrogens (tertiary/aromatic N) is 1. The molecule has 0 aliphatic carbocycles. The van der Waals surface area contributed by atoms with E-state index in [1.165, 1.54) is 12.8 Å². The van der Waals surface area contributed by atoms with Crippen molar-refractivity contribution < 1.29 is 14.3 Å². The van der Waals surface area contributed by atoms with Crippen molar-refractivity contribution in [3.8, 4) is 0 Å². The monoisotopic (exact) mass is 257 g/mol. The topological polar surface area (TPSA) is 38.8 Å². The predicted molar refractivity (Wildman–Crippen MR) is 71.3 cm³/mol. The molecule has 0 saturated carbocycles. The summed E-state index contributed by atoms with van der Waals surface area (Å²) in [6.45, 7) is 6.88. The average Bonchev–Trinajstić information content (AvgIpc) is 2.34. The van der Waals surface area contributed by atoms with Gasteiger partial charge in [-0.3, -0.25) is 4.79 Å². The van der Waals surface area contributed by atoms with Crippen LogP contribution < -0.4 is 0 Å². The van der Waals surface area contributed by atoms with E-state index in [4.69, 9.17) is 9.47 Å². The van der Waals surface area contributed by atoms with Crippen LogP contribution in [0.4, 0.5) is 0 Å². The van der Waals surface area contributed by atoms with Crippen molar-refractivity contribution >= 4 is 5.91 Å². The van der Waals surface area contributed by atoms with Crippen LogP contribution in [-0.2, 0) is 14.3 Å². The van der Waals surface area contributed by atoms with Crippen LogP contribution in [0.15, 0.2) is 0 Å². The highest BCUT2D eigenvalue weighted by atomic mass is 16.7. The lowest BCUT2D eigenvalue weighted by Crippen LogP contribution is -2.36. The summed E-state index contributed by atoms with van der Waals surface area (Å²) in [5.74, 6) is 0.293. The van der Waals surface area contributed by atoms with Crippen LogP contribution in [0.2, 0.25) is 0 Å². The van der Waals surface area contributed by atoms with Gasteiger partial charge >= 0.3 is 0 Å². The summed E-state index contributed by atoms with van der Waals surface area (Å²) in [5.41, 5.74) is 0. The first kappa shape index (κ1) is 15.4. The minimum Gasteiger partial charge on any atom is -0.353 e. The summed E-state index contributed by atoms with van der Waals surface area (Å²) in [6.07, 6.45) is 5.90. The fourth-order valence-electron chi connectivity index (χ4n) is 2.30. The zero-order valence-corrected chi connectivity index (χ0v) is 11.8. The first-order valence-electron chi connectivity index (χ1n) is 7.28. The Balaban J connectivity index is 2.35. The maximum absolute atomic E-state index is 11.9. The van der Waals surface area contributed by atoms with Crippen LogP contribution >= 0.6 is 0 Å². The average molecular weight is 257 g/mol. The molecule has 18 heavy (non-hydrogen) atoms. The van der Waals surface area contributed by atoms with E-state index in [2.05, 4.69) is 0 Å². The van der Waals surface area contributed by atoms with Gasteiger partial charge in [-0.05, 0) is 26.7 Å². The molecule has 106 valence electrons. The summed E-state index contributed by atoms with van der Waals surface area (Å²) >= 11 is 0. The lowest BCUT2D eigenvalue weighted by Gasteiger charge is -2.26. The van der Waals surface area contributed by atoms with Gasteiger partial charge in [0.25, 0.3) is 0 Å². The Kier molecular flexibility index (Phi) is 8.01. The number of hydrogen-bond acceptors (Lipinski definition) is 3. The Morgan fingerprint density at radius 3 is 2.44 bits per heavy atom. The molecule has 1 aliphatic heterocycles. The summed E-state index contributed by atoms with van der Waals surface area (Å²) in [4.78, 5) is 13.9. The van der Waals surface area contributed by atoms with Crippen molar-refractivity contribution in [2.45, 2.75) is 58.7 Å². The zero-order valence-electron chi connectivity index (χ0n) is 11.8. The van der Waals surface area contributed by atoms with Crippen molar-refractivity contribution in [3.63, 3.8) is 0 Å². The number of hydrogen-bond donors (Lipinski definition) is 0. The second-order valence-electron chi connectivity index (χ2n) is 4.67. The van der Waals surface area contributed by atoms with Gasteiger partial charge in [0.1, 0.15) is 0 Å². The number of carbonyl (C=O) groups excluding carboxylic acids is 1. The van der Waals surface area contributed by atoms with E-state index in [0.29, 0.717) is 25.5 Å². The number of ether oxygens (including phenoxy) is 2. The van der Waals surface area contributed by atoms with Crippen LogP contribution in [0.5, 0.6) is 0 Å². The molecule has 0 spiro atoms. The number of carbonyl (C=O) groups is 1. The third-order valence-corrected chi connectivity index (χ3v) is 3.26. The van der Waals surface area contributed by atoms with Crippen LogP contribution in [0.25, 0.3) is 0 Å². The molecule has 1 saturated heterocycles. The van der Waals surface area contributed by atoms with Gasteiger partial charge in [-0.1, -0.05) is 12.8 Å². The first-order chi connectivity index (χ1) is 8.77. The van der Waals surface area contributed by atoms with Crippen LogP contribution in [-0.4, -0.2) is 43.4 Å². The molecule has 0 unspecified atom stereocenters. The van der Waals surface area contributed by atoms with Crippen molar-refractivity contribution in [1.29, 1.82) is 0 Å². The molecule has 0 aromatic heterocycles. The summed E-state index contributed by atoms with van der Waals surface area (Å²) in [7, 11) is 0. The normalized spacial score (nSPS) is 17.9. The van der Waals surface area contributed by atoms with Crippen LogP contribution in [0.1, 0.15) is 52.4 Å². The van der Waals surface area contributed by atoms with E-state index in [1.54, 1.807) is 0 Å². The molecule has 0 atom stereocenters. The highest BCUT2D eigenvalue weighted by Gasteiger charge is 2.17. The van der Waals surface area contributed by atoms with Crippen molar-refractivity contribution in [2.75, 3.05) is 26.3 Å². The highest BCUT2D eigenvalue weighted by molar-refractivity contribution is 5.76. The fraction of sp³-hybridized carbons (Fsp3) is 0.929. The maximum atomic E-state index is 11.9. The molecule has 1 aliphatic rings. The molecule has 1 heterocycles. The number of rotatable bonds is 7. The fourth-order valence-corrected chi connectivity index (χ4v) is 2.30. The molecule has 0 bridgehead atoms. The van der Waals surface area contributed by atoms with Crippen LogP contribution in [0.3, 0.4) is 0 Å². The maximum Gasteiger partial charge on any atom is 0.222 e. The Bertz CT molecular complexity index is 227. The largest absolute Gasteiger partial charge is 0.353 e. The zero-order chi connectivity index (χ0) is 13.2. The second-order valence-corrected chi connectivity index (χ2v) is 4.67. The minimum absolute atomic E-state index is 0.168. The molecular formula is C14H27NO3.